The molecule has 0 spiro atoms. The van der Waals surface area contributed by atoms with Crippen molar-refractivity contribution in [3.63, 3.8) is 0 Å². The van der Waals surface area contributed by atoms with Crippen molar-refractivity contribution in [2.24, 2.45) is 4.99 Å². The lowest BCUT2D eigenvalue weighted by Gasteiger charge is -2.15. The van der Waals surface area contributed by atoms with Crippen LogP contribution in [0.3, 0.4) is 0 Å². The van der Waals surface area contributed by atoms with E-state index >= 15 is 0 Å². The zero-order valence-electron chi connectivity index (χ0n) is 18.4. The molecule has 1 aliphatic heterocycles. The number of hydrogen-bond acceptors (Lipinski definition) is 5. The second-order valence-electron chi connectivity index (χ2n) is 7.44. The normalized spacial score (nSPS) is 14.2. The predicted molar refractivity (Wildman–Crippen MR) is 143 cm³/mol. The molecule has 0 aromatic heterocycles. The van der Waals surface area contributed by atoms with Crippen LogP contribution in [-0.4, -0.2) is 18.5 Å². The van der Waals surface area contributed by atoms with Crippen molar-refractivity contribution in [2.75, 3.05) is 6.61 Å². The van der Waals surface area contributed by atoms with Crippen molar-refractivity contribution in [3.05, 3.63) is 96.2 Å². The van der Waals surface area contributed by atoms with Gasteiger partial charge in [0.15, 0.2) is 17.2 Å². The summed E-state index contributed by atoms with van der Waals surface area (Å²) < 4.78 is 18.2. The van der Waals surface area contributed by atoms with Crippen LogP contribution < -0.4 is 9.47 Å². The third-order valence-electron chi connectivity index (χ3n) is 5.05. The molecule has 174 valence electrons. The molecule has 0 unspecified atom stereocenters. The molecule has 0 fully saturated rings. The number of benzene rings is 3. The molecule has 0 radical (unpaired) electrons. The van der Waals surface area contributed by atoms with Crippen molar-refractivity contribution in [3.8, 4) is 11.5 Å². The Kier molecular flexibility index (Phi) is 7.80. The maximum Gasteiger partial charge on any atom is 0.363 e. The Balaban J connectivity index is 1.64. The van der Waals surface area contributed by atoms with Gasteiger partial charge in [-0.3, -0.25) is 0 Å². The second kappa shape index (κ2) is 10.8. The van der Waals surface area contributed by atoms with Crippen molar-refractivity contribution in [2.45, 2.75) is 20.5 Å². The Hall–Kier alpha value is -2.55. The van der Waals surface area contributed by atoms with E-state index in [1.54, 1.807) is 24.3 Å². The summed E-state index contributed by atoms with van der Waals surface area (Å²) in [6.07, 6.45) is 1.64. The number of aliphatic imine (C=N–C) groups is 1. The summed E-state index contributed by atoms with van der Waals surface area (Å²) in [6.45, 7) is 4.84. The summed E-state index contributed by atoms with van der Waals surface area (Å²) in [5.74, 6) is 0.778. The molecular formula is C26H20Cl2INO4. The van der Waals surface area contributed by atoms with E-state index in [1.807, 2.05) is 37.3 Å². The van der Waals surface area contributed by atoms with Crippen LogP contribution >= 0.6 is 45.8 Å². The summed E-state index contributed by atoms with van der Waals surface area (Å²) in [7, 11) is 0. The number of rotatable bonds is 7. The van der Waals surface area contributed by atoms with Crippen LogP contribution in [0.25, 0.3) is 6.08 Å². The maximum atomic E-state index is 12.5. The van der Waals surface area contributed by atoms with E-state index < -0.39 is 5.97 Å². The van der Waals surface area contributed by atoms with Crippen LogP contribution in [0.2, 0.25) is 10.0 Å². The van der Waals surface area contributed by atoms with Gasteiger partial charge in [-0.2, -0.15) is 0 Å². The first-order valence-corrected chi connectivity index (χ1v) is 12.3. The highest BCUT2D eigenvalue weighted by Gasteiger charge is 2.26. The smallest absolute Gasteiger partial charge is 0.363 e. The van der Waals surface area contributed by atoms with Gasteiger partial charge in [-0.05, 0) is 89.5 Å². The number of hydrogen-bond donors (Lipinski definition) is 0. The average molecular weight is 608 g/mol. The Labute approximate surface area is 221 Å². The van der Waals surface area contributed by atoms with Crippen LogP contribution in [0.15, 0.2) is 65.3 Å². The van der Waals surface area contributed by atoms with E-state index in [9.17, 15) is 4.79 Å². The zero-order valence-corrected chi connectivity index (χ0v) is 22.1. The lowest BCUT2D eigenvalue weighted by Crippen LogP contribution is -2.06. The van der Waals surface area contributed by atoms with Gasteiger partial charge in [0.1, 0.15) is 6.61 Å². The van der Waals surface area contributed by atoms with Gasteiger partial charge in [0, 0.05) is 5.02 Å². The number of aryl methyl sites for hydroxylation is 1. The van der Waals surface area contributed by atoms with E-state index in [0.29, 0.717) is 40.3 Å². The van der Waals surface area contributed by atoms with Crippen LogP contribution in [-0.2, 0) is 16.1 Å². The molecule has 4 rings (SSSR count). The van der Waals surface area contributed by atoms with Gasteiger partial charge in [0.25, 0.3) is 0 Å². The van der Waals surface area contributed by atoms with Gasteiger partial charge < -0.3 is 14.2 Å². The first kappa shape index (κ1) is 24.6. The van der Waals surface area contributed by atoms with Crippen LogP contribution in [0.1, 0.15) is 29.2 Å². The molecule has 1 aliphatic rings. The van der Waals surface area contributed by atoms with Crippen molar-refractivity contribution in [1.82, 2.24) is 0 Å². The zero-order chi connectivity index (χ0) is 24.2. The Morgan fingerprint density at radius 1 is 1.09 bits per heavy atom. The van der Waals surface area contributed by atoms with E-state index in [2.05, 4.69) is 40.6 Å². The van der Waals surface area contributed by atoms with Gasteiger partial charge in [-0.1, -0.05) is 47.5 Å². The lowest BCUT2D eigenvalue weighted by atomic mass is 10.1. The fourth-order valence-corrected chi connectivity index (χ4v) is 4.49. The minimum atomic E-state index is -0.570. The molecule has 0 atom stereocenters. The minimum Gasteiger partial charge on any atom is -0.490 e. The van der Waals surface area contributed by atoms with Crippen LogP contribution in [0.4, 0.5) is 0 Å². The Morgan fingerprint density at radius 3 is 2.65 bits per heavy atom. The maximum absolute atomic E-state index is 12.5. The molecule has 0 bridgehead atoms. The first-order chi connectivity index (χ1) is 16.4. The third kappa shape index (κ3) is 5.56. The number of carbonyl (C=O) groups is 1. The quantitative estimate of drug-likeness (QED) is 0.162. The van der Waals surface area contributed by atoms with Crippen molar-refractivity contribution >= 4 is 63.7 Å². The monoisotopic (exact) mass is 607 g/mol. The fraction of sp³-hybridized carbons (Fsp3) is 0.154. The molecule has 3 aromatic carbocycles. The van der Waals surface area contributed by atoms with E-state index in [-0.39, 0.29) is 11.6 Å². The van der Waals surface area contributed by atoms with Gasteiger partial charge >= 0.3 is 5.97 Å². The van der Waals surface area contributed by atoms with E-state index in [0.717, 1.165) is 20.3 Å². The summed E-state index contributed by atoms with van der Waals surface area (Å²) in [4.78, 5) is 16.8. The number of carbonyl (C=O) groups excluding carboxylic acids is 1. The number of esters is 1. The molecule has 0 amide bonds. The number of cyclic esters (lactones) is 1. The van der Waals surface area contributed by atoms with Gasteiger partial charge in [0.05, 0.1) is 20.8 Å². The molecule has 3 aromatic rings. The first-order valence-electron chi connectivity index (χ1n) is 10.5. The predicted octanol–water partition coefficient (Wildman–Crippen LogP) is 7.23. The summed E-state index contributed by atoms with van der Waals surface area (Å²) in [6, 6.07) is 16.7. The van der Waals surface area contributed by atoms with Gasteiger partial charge in [0.2, 0.25) is 5.90 Å². The highest BCUT2D eigenvalue weighted by Crippen LogP contribution is 2.36. The molecule has 0 saturated carbocycles. The highest BCUT2D eigenvalue weighted by molar-refractivity contribution is 14.1. The standard InChI is InChI=1S/C26H20Cl2INO4/c1-3-32-23-12-16(10-21(29)24(23)33-14-17-7-5-4-6-15(17)2)11-22-26(31)34-25(30-22)19-13-18(27)8-9-20(19)28/h4-13H,3,14H2,1-2H3. The van der Waals surface area contributed by atoms with E-state index in [1.165, 1.54) is 0 Å². The molecule has 34 heavy (non-hydrogen) atoms. The molecule has 0 aliphatic carbocycles. The Morgan fingerprint density at radius 2 is 1.88 bits per heavy atom. The summed E-state index contributed by atoms with van der Waals surface area (Å²) in [5.41, 5.74) is 3.59. The third-order valence-corrected chi connectivity index (χ3v) is 6.41. The SMILES string of the molecule is CCOc1cc(C=C2N=C(c3cc(Cl)ccc3Cl)OC2=O)cc(I)c1OCc1ccccc1C. The highest BCUT2D eigenvalue weighted by atomic mass is 127. The number of ether oxygens (including phenoxy) is 3. The van der Waals surface area contributed by atoms with Crippen molar-refractivity contribution < 1.29 is 19.0 Å². The lowest BCUT2D eigenvalue weighted by molar-refractivity contribution is -0.129. The van der Waals surface area contributed by atoms with Crippen LogP contribution in [0, 0.1) is 10.5 Å². The molecule has 0 saturated heterocycles. The molecule has 8 heteroatoms. The fourth-order valence-electron chi connectivity index (χ4n) is 3.34. The second-order valence-corrected chi connectivity index (χ2v) is 9.44. The van der Waals surface area contributed by atoms with Crippen molar-refractivity contribution in [1.29, 1.82) is 0 Å². The topological polar surface area (TPSA) is 57.1 Å². The summed E-state index contributed by atoms with van der Waals surface area (Å²) >= 11 is 14.5. The van der Waals surface area contributed by atoms with Crippen LogP contribution in [0.5, 0.6) is 11.5 Å². The number of nitrogens with zero attached hydrogens (tertiary/aromatic N) is 1. The molecule has 0 N–H and O–H groups in total. The molecular weight excluding hydrogens is 588 g/mol. The van der Waals surface area contributed by atoms with Gasteiger partial charge in [-0.15, -0.1) is 0 Å². The van der Waals surface area contributed by atoms with Gasteiger partial charge in [-0.25, -0.2) is 9.79 Å². The average Bonchev–Trinajstić information content (AvgIpc) is 3.16. The molecule has 5 nitrogen and oxygen atoms in total. The molecule has 1 heterocycles. The summed E-state index contributed by atoms with van der Waals surface area (Å²) in [5, 5.41) is 0.855. The Bertz CT molecular complexity index is 1320. The number of halogens is 3. The largest absolute Gasteiger partial charge is 0.490 e. The van der Waals surface area contributed by atoms with E-state index in [4.69, 9.17) is 37.4 Å². The minimum absolute atomic E-state index is 0.113.